The van der Waals surface area contributed by atoms with E-state index in [1.165, 1.54) is 32.4 Å². The smallest absolute Gasteiger partial charge is 0.0693 e. The van der Waals surface area contributed by atoms with E-state index >= 15 is 0 Å². The molecule has 0 aromatic heterocycles. The second-order valence-corrected chi connectivity index (χ2v) is 5.28. The van der Waals surface area contributed by atoms with Crippen LogP contribution >= 0.6 is 0 Å². The van der Waals surface area contributed by atoms with E-state index < -0.39 is 0 Å². The van der Waals surface area contributed by atoms with Crippen molar-refractivity contribution >= 4 is 0 Å². The van der Waals surface area contributed by atoms with Crippen LogP contribution in [0.15, 0.2) is 0 Å². The summed E-state index contributed by atoms with van der Waals surface area (Å²) in [6.07, 6.45) is 5.91. The van der Waals surface area contributed by atoms with Crippen LogP contribution < -0.4 is 5.32 Å². The zero-order valence-electron chi connectivity index (χ0n) is 9.78. The zero-order chi connectivity index (χ0) is 10.7. The molecular formula is C12H24N2O. The molecule has 0 bridgehead atoms. The lowest BCUT2D eigenvalue weighted by Crippen LogP contribution is -2.42. The van der Waals surface area contributed by atoms with Gasteiger partial charge < -0.3 is 15.3 Å². The largest absolute Gasteiger partial charge is 0.392 e. The normalized spacial score (nSPS) is 38.4. The first-order chi connectivity index (χ1) is 7.25. The molecule has 1 aliphatic carbocycles. The summed E-state index contributed by atoms with van der Waals surface area (Å²) >= 11 is 0. The van der Waals surface area contributed by atoms with Crippen molar-refractivity contribution < 1.29 is 5.11 Å². The third-order valence-corrected chi connectivity index (χ3v) is 3.87. The van der Waals surface area contributed by atoms with E-state index in [0.717, 1.165) is 25.3 Å². The highest BCUT2D eigenvalue weighted by Gasteiger charge is 2.26. The number of aliphatic hydroxyl groups excluding tert-OH is 1. The van der Waals surface area contributed by atoms with Crippen molar-refractivity contribution in [1.29, 1.82) is 0 Å². The van der Waals surface area contributed by atoms with E-state index in [1.807, 2.05) is 0 Å². The van der Waals surface area contributed by atoms with E-state index in [9.17, 15) is 5.11 Å². The first-order valence-electron chi connectivity index (χ1n) is 6.35. The topological polar surface area (TPSA) is 35.5 Å². The van der Waals surface area contributed by atoms with Crippen LogP contribution in [-0.4, -0.2) is 48.8 Å². The SMILES string of the molecule is CN1CCCC(CN[C@H]2CCC[C@@H]2O)C1. The van der Waals surface area contributed by atoms with Crippen molar-refractivity contribution in [3.05, 3.63) is 0 Å². The van der Waals surface area contributed by atoms with E-state index in [4.69, 9.17) is 0 Å². The number of nitrogens with zero attached hydrogens (tertiary/aromatic N) is 1. The van der Waals surface area contributed by atoms with E-state index in [2.05, 4.69) is 17.3 Å². The summed E-state index contributed by atoms with van der Waals surface area (Å²) in [4.78, 5) is 2.42. The predicted molar refractivity (Wildman–Crippen MR) is 61.9 cm³/mol. The molecule has 15 heavy (non-hydrogen) atoms. The van der Waals surface area contributed by atoms with E-state index in [1.54, 1.807) is 0 Å². The van der Waals surface area contributed by atoms with Gasteiger partial charge in [0.1, 0.15) is 0 Å². The van der Waals surface area contributed by atoms with Crippen LogP contribution in [0.5, 0.6) is 0 Å². The molecule has 0 radical (unpaired) electrons. The van der Waals surface area contributed by atoms with E-state index in [-0.39, 0.29) is 6.10 Å². The summed E-state index contributed by atoms with van der Waals surface area (Å²) in [5.74, 6) is 0.788. The molecule has 3 nitrogen and oxygen atoms in total. The standard InChI is InChI=1S/C12H24N2O/c1-14-7-3-4-10(9-14)8-13-11-5-2-6-12(11)15/h10-13,15H,2-9H2,1H3/t10?,11-,12-/m0/s1. The fraction of sp³-hybridized carbons (Fsp3) is 1.00. The minimum absolute atomic E-state index is 0.0914. The fourth-order valence-electron chi connectivity index (χ4n) is 2.94. The summed E-state index contributed by atoms with van der Waals surface area (Å²) in [6, 6.07) is 0.372. The lowest BCUT2D eigenvalue weighted by molar-refractivity contribution is 0.139. The first-order valence-corrected chi connectivity index (χ1v) is 6.35. The van der Waals surface area contributed by atoms with Gasteiger partial charge in [-0.15, -0.1) is 0 Å². The molecule has 1 heterocycles. The first kappa shape index (κ1) is 11.4. The Morgan fingerprint density at radius 3 is 2.80 bits per heavy atom. The van der Waals surface area contributed by atoms with Crippen LogP contribution in [0, 0.1) is 5.92 Å². The molecule has 3 atom stereocenters. The van der Waals surface area contributed by atoms with E-state index in [0.29, 0.717) is 6.04 Å². The van der Waals surface area contributed by atoms with Gasteiger partial charge in [-0.2, -0.15) is 0 Å². The molecule has 1 saturated carbocycles. The molecule has 1 aliphatic heterocycles. The highest BCUT2D eigenvalue weighted by Crippen LogP contribution is 2.20. The van der Waals surface area contributed by atoms with Gasteiger partial charge in [0, 0.05) is 12.6 Å². The number of rotatable bonds is 3. The lowest BCUT2D eigenvalue weighted by Gasteiger charge is -2.31. The fourth-order valence-corrected chi connectivity index (χ4v) is 2.94. The maximum atomic E-state index is 9.70. The Morgan fingerprint density at radius 1 is 1.27 bits per heavy atom. The van der Waals surface area contributed by atoms with Crippen LogP contribution in [0.3, 0.4) is 0 Å². The summed E-state index contributed by atoms with van der Waals surface area (Å²) < 4.78 is 0. The summed E-state index contributed by atoms with van der Waals surface area (Å²) in [5, 5.41) is 13.2. The van der Waals surface area contributed by atoms with Gasteiger partial charge in [-0.25, -0.2) is 0 Å². The molecule has 2 aliphatic rings. The van der Waals surface area contributed by atoms with Crippen molar-refractivity contribution in [3.8, 4) is 0 Å². The van der Waals surface area contributed by atoms with Gasteiger partial charge >= 0.3 is 0 Å². The van der Waals surface area contributed by atoms with Gasteiger partial charge in [0.05, 0.1) is 6.10 Å². The number of piperidine rings is 1. The van der Waals surface area contributed by atoms with Crippen molar-refractivity contribution in [2.75, 3.05) is 26.7 Å². The number of likely N-dealkylation sites (tertiary alicyclic amines) is 1. The van der Waals surface area contributed by atoms with Crippen molar-refractivity contribution in [3.63, 3.8) is 0 Å². The summed E-state index contributed by atoms with van der Waals surface area (Å²) in [6.45, 7) is 3.56. The molecule has 88 valence electrons. The second-order valence-electron chi connectivity index (χ2n) is 5.28. The van der Waals surface area contributed by atoms with Crippen molar-refractivity contribution in [2.24, 2.45) is 5.92 Å². The summed E-state index contributed by atoms with van der Waals surface area (Å²) in [5.41, 5.74) is 0. The monoisotopic (exact) mass is 212 g/mol. The second kappa shape index (κ2) is 5.28. The Labute approximate surface area is 92.8 Å². The molecule has 1 saturated heterocycles. The average molecular weight is 212 g/mol. The number of nitrogens with one attached hydrogen (secondary N) is 1. The molecule has 0 aromatic carbocycles. The van der Waals surface area contributed by atoms with Crippen LogP contribution in [0.4, 0.5) is 0 Å². The third kappa shape index (κ3) is 3.16. The van der Waals surface area contributed by atoms with Crippen LogP contribution in [0.1, 0.15) is 32.1 Å². The Balaban J connectivity index is 1.68. The lowest BCUT2D eigenvalue weighted by atomic mass is 9.98. The quantitative estimate of drug-likeness (QED) is 0.727. The summed E-state index contributed by atoms with van der Waals surface area (Å²) in [7, 11) is 2.20. The Kier molecular flexibility index (Phi) is 4.00. The molecule has 2 fully saturated rings. The number of aliphatic hydroxyl groups is 1. The predicted octanol–water partition coefficient (Wildman–Crippen LogP) is 0.831. The van der Waals surface area contributed by atoms with Gasteiger partial charge in [0.25, 0.3) is 0 Å². The Hall–Kier alpha value is -0.120. The highest BCUT2D eigenvalue weighted by atomic mass is 16.3. The maximum Gasteiger partial charge on any atom is 0.0693 e. The zero-order valence-corrected chi connectivity index (χ0v) is 9.78. The molecular weight excluding hydrogens is 188 g/mol. The molecule has 0 spiro atoms. The highest BCUT2D eigenvalue weighted by molar-refractivity contribution is 4.84. The van der Waals surface area contributed by atoms with Gasteiger partial charge in [0.2, 0.25) is 0 Å². The molecule has 0 aromatic rings. The number of hydrogen-bond acceptors (Lipinski definition) is 3. The van der Waals surface area contributed by atoms with Crippen molar-refractivity contribution in [2.45, 2.75) is 44.2 Å². The molecule has 2 rings (SSSR count). The molecule has 2 N–H and O–H groups in total. The van der Waals surface area contributed by atoms with Crippen LogP contribution in [0.25, 0.3) is 0 Å². The molecule has 0 amide bonds. The van der Waals surface area contributed by atoms with Crippen LogP contribution in [-0.2, 0) is 0 Å². The number of hydrogen-bond donors (Lipinski definition) is 2. The minimum atomic E-state index is -0.0914. The van der Waals surface area contributed by atoms with Crippen LogP contribution in [0.2, 0.25) is 0 Å². The van der Waals surface area contributed by atoms with Gasteiger partial charge in [0.15, 0.2) is 0 Å². The maximum absolute atomic E-state index is 9.70. The Morgan fingerprint density at radius 2 is 2.13 bits per heavy atom. The van der Waals surface area contributed by atoms with Crippen molar-refractivity contribution in [1.82, 2.24) is 10.2 Å². The molecule has 1 unspecified atom stereocenters. The Bertz CT molecular complexity index is 198. The average Bonchev–Trinajstić information content (AvgIpc) is 2.61. The third-order valence-electron chi connectivity index (χ3n) is 3.87. The molecule has 3 heteroatoms. The van der Waals surface area contributed by atoms with Gasteiger partial charge in [-0.1, -0.05) is 0 Å². The minimum Gasteiger partial charge on any atom is -0.392 e. The van der Waals surface area contributed by atoms with Gasteiger partial charge in [-0.05, 0) is 58.2 Å². The van der Waals surface area contributed by atoms with Gasteiger partial charge in [-0.3, -0.25) is 0 Å².